The number of rotatable bonds is 11. The van der Waals surface area contributed by atoms with Gasteiger partial charge >= 0.3 is 23.9 Å². The van der Waals surface area contributed by atoms with Crippen LogP contribution in [0.4, 0.5) is 0 Å². The molecule has 0 spiro atoms. The fourth-order valence-corrected chi connectivity index (χ4v) is 8.91. The van der Waals surface area contributed by atoms with Gasteiger partial charge in [-0.15, -0.1) is 0 Å². The molecule has 1 aromatic rings. The summed E-state index contributed by atoms with van der Waals surface area (Å²) in [7, 11) is -2.28. The van der Waals surface area contributed by atoms with Crippen LogP contribution in [0, 0.1) is 22.7 Å². The molecule has 2 aliphatic carbocycles. The topological polar surface area (TPSA) is 105 Å². The van der Waals surface area contributed by atoms with Crippen molar-refractivity contribution in [3.63, 3.8) is 0 Å². The maximum Gasteiger partial charge on any atom is 0.327 e. The van der Waals surface area contributed by atoms with Gasteiger partial charge < -0.3 is 18.9 Å². The molecule has 8 nitrogen and oxygen atoms in total. The van der Waals surface area contributed by atoms with E-state index in [9.17, 15) is 19.2 Å². The number of hydrogen-bond acceptors (Lipinski definition) is 8. The zero-order valence-electron chi connectivity index (χ0n) is 25.2. The third-order valence-corrected chi connectivity index (χ3v) is 11.4. The Hall–Kier alpha value is -3.20. The van der Waals surface area contributed by atoms with E-state index in [2.05, 4.69) is 37.5 Å². The molecule has 0 unspecified atom stereocenters. The molecule has 1 aromatic carbocycles. The van der Waals surface area contributed by atoms with Crippen LogP contribution in [0.2, 0.25) is 13.1 Å². The summed E-state index contributed by atoms with van der Waals surface area (Å²) in [4.78, 5) is 54.0. The lowest BCUT2D eigenvalue weighted by Crippen LogP contribution is -2.45. The lowest BCUT2D eigenvalue weighted by molar-refractivity contribution is -0.171. The predicted octanol–water partition coefficient (Wildman–Crippen LogP) is 4.67. The first-order chi connectivity index (χ1) is 19.4. The van der Waals surface area contributed by atoms with Gasteiger partial charge in [0.25, 0.3) is 0 Å². The highest BCUT2D eigenvalue weighted by molar-refractivity contribution is 6.94. The highest BCUT2D eigenvalue weighted by atomic mass is 28.3. The molecule has 0 radical (unpaired) electrons. The van der Waals surface area contributed by atoms with Gasteiger partial charge in [-0.2, -0.15) is 0 Å². The lowest BCUT2D eigenvalue weighted by atomic mass is 9.78. The Morgan fingerprint density at radius 2 is 1.17 bits per heavy atom. The minimum absolute atomic E-state index is 0.113. The van der Waals surface area contributed by atoms with Gasteiger partial charge in [0.1, 0.15) is 8.07 Å². The Kier molecular flexibility index (Phi) is 10.4. The average molecular weight is 585 g/mol. The highest BCUT2D eigenvalue weighted by Gasteiger charge is 2.63. The summed E-state index contributed by atoms with van der Waals surface area (Å²) in [6.45, 7) is 15.7. The molecule has 0 heterocycles. The Balaban J connectivity index is 2.12. The van der Waals surface area contributed by atoms with Crippen molar-refractivity contribution in [1.82, 2.24) is 0 Å². The largest absolute Gasteiger partial charge is 0.465 e. The van der Waals surface area contributed by atoms with E-state index in [0.717, 1.165) is 5.19 Å². The maximum atomic E-state index is 13.7. The molecular formula is C32H44O8Si. The molecule has 0 amide bonds. The molecule has 41 heavy (non-hydrogen) atoms. The van der Waals surface area contributed by atoms with Gasteiger partial charge in [-0.1, -0.05) is 60.9 Å². The maximum absolute atomic E-state index is 13.7. The normalized spacial score (nSPS) is 22.3. The monoisotopic (exact) mass is 584 g/mol. The molecule has 2 atom stereocenters. The van der Waals surface area contributed by atoms with Crippen LogP contribution in [0.15, 0.2) is 53.8 Å². The number of hydrogen-bond donors (Lipinski definition) is 0. The number of esters is 4. The van der Waals surface area contributed by atoms with Crippen LogP contribution in [0.25, 0.3) is 0 Å². The van der Waals surface area contributed by atoms with E-state index in [1.165, 1.54) is 0 Å². The fourth-order valence-electron chi connectivity index (χ4n) is 6.46. The van der Waals surface area contributed by atoms with Crippen LogP contribution >= 0.6 is 0 Å². The van der Waals surface area contributed by atoms with Crippen LogP contribution in [0.3, 0.4) is 0 Å². The summed E-state index contributed by atoms with van der Waals surface area (Å²) < 4.78 is 21.7. The highest BCUT2D eigenvalue weighted by Crippen LogP contribution is 2.58. The molecule has 3 rings (SSSR count). The van der Waals surface area contributed by atoms with Gasteiger partial charge in [-0.25, -0.2) is 0 Å². The Bertz CT molecular complexity index is 1150. The van der Waals surface area contributed by atoms with Crippen molar-refractivity contribution >= 4 is 37.1 Å². The zero-order chi connectivity index (χ0) is 30.4. The second-order valence-electron chi connectivity index (χ2n) is 11.4. The summed E-state index contributed by atoms with van der Waals surface area (Å²) in [6, 6.07) is 10.1. The Morgan fingerprint density at radius 1 is 0.756 bits per heavy atom. The number of ether oxygens (including phenoxy) is 4. The lowest BCUT2D eigenvalue weighted by Gasteiger charge is -2.29. The molecule has 0 aliphatic heterocycles. The van der Waals surface area contributed by atoms with Crippen molar-refractivity contribution in [3.8, 4) is 0 Å². The van der Waals surface area contributed by atoms with Crippen LogP contribution < -0.4 is 5.19 Å². The van der Waals surface area contributed by atoms with Crippen molar-refractivity contribution in [3.05, 3.63) is 53.8 Å². The molecule has 0 aromatic heterocycles. The summed E-state index contributed by atoms with van der Waals surface area (Å²) in [5.41, 5.74) is 0.0432. The van der Waals surface area contributed by atoms with E-state index in [-0.39, 0.29) is 51.1 Å². The summed E-state index contributed by atoms with van der Waals surface area (Å²) in [5.74, 6) is -3.00. The van der Waals surface area contributed by atoms with Crippen molar-refractivity contribution < 1.29 is 38.1 Å². The molecule has 2 aliphatic rings. The number of benzene rings is 1. The van der Waals surface area contributed by atoms with Gasteiger partial charge in [0.15, 0.2) is 10.8 Å². The molecular weight excluding hydrogens is 540 g/mol. The van der Waals surface area contributed by atoms with Crippen LogP contribution in [-0.2, 0) is 38.1 Å². The molecule has 224 valence electrons. The van der Waals surface area contributed by atoms with Crippen molar-refractivity contribution in [2.75, 3.05) is 26.4 Å². The third kappa shape index (κ3) is 6.05. The van der Waals surface area contributed by atoms with Crippen LogP contribution in [-0.4, -0.2) is 58.4 Å². The van der Waals surface area contributed by atoms with Gasteiger partial charge in [-0.05, 0) is 76.4 Å². The first kappa shape index (κ1) is 32.3. The molecule has 0 saturated heterocycles. The number of carbonyl (C=O) groups excluding carboxylic acids is 4. The van der Waals surface area contributed by atoms with Gasteiger partial charge in [0.2, 0.25) is 0 Å². The number of carbonyl (C=O) groups is 4. The fraction of sp³-hybridized carbons (Fsp3) is 0.562. The van der Waals surface area contributed by atoms with Gasteiger partial charge in [0.05, 0.1) is 26.4 Å². The second kappa shape index (κ2) is 13.2. The third-order valence-electron chi connectivity index (χ3n) is 8.49. The van der Waals surface area contributed by atoms with Gasteiger partial charge in [0, 0.05) is 0 Å². The van der Waals surface area contributed by atoms with E-state index in [1.54, 1.807) is 27.7 Å². The summed E-state index contributed by atoms with van der Waals surface area (Å²) in [5, 5.41) is 1.16. The van der Waals surface area contributed by atoms with E-state index in [4.69, 9.17) is 18.9 Å². The SMILES string of the molecule is C=C1C[C@@H]([C@@H]2C/C(=C/[Si](C)(C)c3ccccc3)C(C(=O)OCC)(C(=O)OCC)C2)CC1(C(=O)OCC)C(=O)OCC. The standard InChI is InChI=1S/C32H44O8Si/c1-8-37-27(33)31(28(34)38-9-2)19-23(17-22(31)5)24-18-25(21-41(6,7)26-15-13-12-14-16-26)32(20-24,29(35)39-10-3)30(36)40-11-4/h12-16,21,23-24H,5,8-11,17-20H2,1-4,6-7H3/b25-21-/t23-,24-/m1/s1. The van der Waals surface area contributed by atoms with Crippen LogP contribution in [0.1, 0.15) is 53.4 Å². The minimum Gasteiger partial charge on any atom is -0.465 e. The van der Waals surface area contributed by atoms with Crippen molar-refractivity contribution in [1.29, 1.82) is 0 Å². The second-order valence-corrected chi connectivity index (χ2v) is 15.7. The smallest absolute Gasteiger partial charge is 0.327 e. The Labute approximate surface area is 244 Å². The Morgan fingerprint density at radius 3 is 1.63 bits per heavy atom. The first-order valence-corrected chi connectivity index (χ1v) is 17.7. The first-order valence-electron chi connectivity index (χ1n) is 14.6. The summed E-state index contributed by atoms with van der Waals surface area (Å²) in [6.07, 6.45) is 1.11. The van der Waals surface area contributed by atoms with E-state index in [0.29, 0.717) is 24.0 Å². The average Bonchev–Trinajstić information content (AvgIpc) is 3.49. The van der Waals surface area contributed by atoms with Gasteiger partial charge in [-0.3, -0.25) is 19.2 Å². The quantitative estimate of drug-likeness (QED) is 0.122. The van der Waals surface area contributed by atoms with Crippen molar-refractivity contribution in [2.24, 2.45) is 22.7 Å². The summed E-state index contributed by atoms with van der Waals surface area (Å²) >= 11 is 0. The molecule has 2 saturated carbocycles. The molecule has 0 N–H and O–H groups in total. The predicted molar refractivity (Wildman–Crippen MR) is 158 cm³/mol. The van der Waals surface area contributed by atoms with E-state index in [1.807, 2.05) is 18.2 Å². The molecule has 2 fully saturated rings. The van der Waals surface area contributed by atoms with E-state index >= 15 is 0 Å². The van der Waals surface area contributed by atoms with E-state index < -0.39 is 42.8 Å². The zero-order valence-corrected chi connectivity index (χ0v) is 26.2. The van der Waals surface area contributed by atoms with Crippen LogP contribution in [0.5, 0.6) is 0 Å². The van der Waals surface area contributed by atoms with Crippen molar-refractivity contribution in [2.45, 2.75) is 66.5 Å². The molecule has 9 heteroatoms. The molecule has 0 bridgehead atoms. The minimum atomic E-state index is -2.28.